The Labute approximate surface area is 307 Å². The van der Waals surface area contributed by atoms with Crippen molar-refractivity contribution in [1.29, 1.82) is 0 Å². The van der Waals surface area contributed by atoms with Crippen LogP contribution < -0.4 is 0 Å². The smallest absolute Gasteiger partial charge is 0.129 e. The summed E-state index contributed by atoms with van der Waals surface area (Å²) in [7, 11) is 0. The molecule has 6 aromatic rings. The number of hydrogen-bond donors (Lipinski definition) is 0. The van der Waals surface area contributed by atoms with Crippen LogP contribution in [0.1, 0.15) is 66.8 Å². The molecule has 6 rings (SSSR count). The first-order valence-corrected chi connectivity index (χ1v) is 17.1. The van der Waals surface area contributed by atoms with E-state index in [9.17, 15) is 0 Å². The predicted octanol–water partition coefficient (Wildman–Crippen LogP) is 13.3. The van der Waals surface area contributed by atoms with Crippen LogP contribution in [0.15, 0.2) is 84.9 Å². The van der Waals surface area contributed by atoms with E-state index < -0.39 is 0 Å². The first-order valence-electron chi connectivity index (χ1n) is 17.1. The normalized spacial score (nSPS) is 10.7. The van der Waals surface area contributed by atoms with Gasteiger partial charge in [0, 0.05) is 0 Å². The zero-order valence-electron chi connectivity index (χ0n) is 31.5. The fourth-order valence-electron chi connectivity index (χ4n) is 7.94. The summed E-state index contributed by atoms with van der Waals surface area (Å²) >= 11 is 0. The molecule has 0 unspecified atom stereocenters. The summed E-state index contributed by atoms with van der Waals surface area (Å²) in [5.41, 5.74) is 25.8. The maximum Gasteiger partial charge on any atom is 2.00 e. The zero-order valence-corrected chi connectivity index (χ0v) is 32.6. The Bertz CT molecular complexity index is 1750. The number of rotatable bonds is 4. The van der Waals surface area contributed by atoms with Crippen molar-refractivity contribution in [2.24, 2.45) is 0 Å². The fraction of sp³-hybridized carbons (Fsp3) is 0.250. The van der Waals surface area contributed by atoms with Crippen molar-refractivity contribution in [3.05, 3.63) is 164 Å². The summed E-state index contributed by atoms with van der Waals surface area (Å²) in [6, 6.07) is 38.4. The molecule has 0 aliphatic carbocycles. The van der Waals surface area contributed by atoms with Crippen LogP contribution in [0.2, 0.25) is 0 Å². The van der Waals surface area contributed by atoms with E-state index in [2.05, 4.69) is 180 Å². The average molecular weight is 682 g/mol. The van der Waals surface area contributed by atoms with Crippen LogP contribution in [-0.4, -0.2) is 0 Å². The molecule has 0 spiro atoms. The van der Waals surface area contributed by atoms with Gasteiger partial charge in [-0.05, 0) is 83.1 Å². The van der Waals surface area contributed by atoms with E-state index >= 15 is 0 Å². The molecule has 0 bridgehead atoms. The van der Waals surface area contributed by atoms with Crippen LogP contribution in [0.25, 0.3) is 44.5 Å². The van der Waals surface area contributed by atoms with Crippen molar-refractivity contribution in [3.8, 4) is 44.5 Å². The Kier molecular flexibility index (Phi) is 12.0. The molecule has 1 heteroatoms. The standard InChI is InChI=1S/2C24H25.Mn/c2*1-15-10-17(3)23(18(4)11-15)21-8-7-9-22(14-21)24-19(5)12-16(2)13-20(24)6;/h2*7-13H,1-6H3;/q2*-1;+2. The number of aryl methyl sites for hydroxylation is 12. The van der Waals surface area contributed by atoms with E-state index in [4.69, 9.17) is 0 Å². The monoisotopic (exact) mass is 681 g/mol. The molecule has 0 N–H and O–H groups in total. The van der Waals surface area contributed by atoms with Crippen LogP contribution in [0.3, 0.4) is 0 Å². The second-order valence-electron chi connectivity index (χ2n) is 14.1. The van der Waals surface area contributed by atoms with Gasteiger partial charge in [0.2, 0.25) is 0 Å². The van der Waals surface area contributed by atoms with Crippen molar-refractivity contribution in [2.45, 2.75) is 83.1 Å². The molecular formula is C48H50Mn. The summed E-state index contributed by atoms with van der Waals surface area (Å²) in [5, 5.41) is 0. The number of hydrogen-bond acceptors (Lipinski definition) is 0. The molecule has 249 valence electrons. The minimum Gasteiger partial charge on any atom is -0.129 e. The van der Waals surface area contributed by atoms with Gasteiger partial charge in [-0.15, -0.1) is 70.8 Å². The van der Waals surface area contributed by atoms with E-state index in [0.29, 0.717) is 0 Å². The topological polar surface area (TPSA) is 0 Å². The van der Waals surface area contributed by atoms with Crippen LogP contribution in [-0.2, 0) is 17.1 Å². The van der Waals surface area contributed by atoms with Gasteiger partial charge >= 0.3 is 17.1 Å². The molecule has 0 aliphatic heterocycles. The SMILES string of the molecule is Cc1cc(C)c(-c2[c-]c(-c3c(C)cc(C)cc3C)ccc2)c(C)c1.Cc1cc(C)c(-c2[c-]c(-c3c(C)cc(C)cc3C)ccc2)c(C)c1.[Mn+2]. The zero-order chi connectivity index (χ0) is 34.9. The third-order valence-electron chi connectivity index (χ3n) is 9.38. The summed E-state index contributed by atoms with van der Waals surface area (Å²) in [5.74, 6) is 0. The summed E-state index contributed by atoms with van der Waals surface area (Å²) < 4.78 is 0. The molecule has 6 aromatic carbocycles. The van der Waals surface area contributed by atoms with Gasteiger partial charge < -0.3 is 0 Å². The molecule has 1 radical (unpaired) electrons. The summed E-state index contributed by atoms with van der Waals surface area (Å²) in [6.45, 7) is 26.2. The second-order valence-corrected chi connectivity index (χ2v) is 14.1. The Hall–Kier alpha value is -4.16. The van der Waals surface area contributed by atoms with E-state index in [1.807, 2.05) is 0 Å². The van der Waals surface area contributed by atoms with Crippen molar-refractivity contribution >= 4 is 0 Å². The van der Waals surface area contributed by atoms with Crippen LogP contribution in [0, 0.1) is 95.2 Å². The van der Waals surface area contributed by atoms with Crippen LogP contribution >= 0.6 is 0 Å². The van der Waals surface area contributed by atoms with Gasteiger partial charge in [0.15, 0.2) is 0 Å². The first-order chi connectivity index (χ1) is 22.7. The fourth-order valence-corrected chi connectivity index (χ4v) is 7.94. The van der Waals surface area contributed by atoms with Gasteiger partial charge in [-0.25, -0.2) is 0 Å². The quantitative estimate of drug-likeness (QED) is 0.128. The predicted molar refractivity (Wildman–Crippen MR) is 209 cm³/mol. The van der Waals surface area contributed by atoms with Gasteiger partial charge in [0.25, 0.3) is 0 Å². The van der Waals surface area contributed by atoms with Crippen LogP contribution in [0.5, 0.6) is 0 Å². The maximum atomic E-state index is 3.68. The molecule has 0 atom stereocenters. The van der Waals surface area contributed by atoms with Gasteiger partial charge in [-0.1, -0.05) is 138 Å². The summed E-state index contributed by atoms with van der Waals surface area (Å²) in [6.07, 6.45) is 0. The van der Waals surface area contributed by atoms with Gasteiger partial charge in [0.1, 0.15) is 0 Å². The van der Waals surface area contributed by atoms with Gasteiger partial charge in [0.05, 0.1) is 0 Å². The minimum atomic E-state index is 0. The first kappa shape index (κ1) is 37.7. The molecule has 0 aliphatic rings. The molecule has 0 aromatic heterocycles. The Morgan fingerprint density at radius 2 is 0.449 bits per heavy atom. The van der Waals surface area contributed by atoms with Crippen molar-refractivity contribution in [1.82, 2.24) is 0 Å². The average Bonchev–Trinajstić information content (AvgIpc) is 2.96. The number of benzene rings is 6. The molecular weight excluding hydrogens is 631 g/mol. The molecule has 49 heavy (non-hydrogen) atoms. The van der Waals surface area contributed by atoms with Crippen molar-refractivity contribution in [3.63, 3.8) is 0 Å². The second kappa shape index (κ2) is 15.6. The maximum absolute atomic E-state index is 3.68. The van der Waals surface area contributed by atoms with E-state index in [1.165, 1.54) is 111 Å². The Morgan fingerprint density at radius 3 is 0.612 bits per heavy atom. The van der Waals surface area contributed by atoms with Crippen molar-refractivity contribution in [2.75, 3.05) is 0 Å². The third-order valence-corrected chi connectivity index (χ3v) is 9.38. The van der Waals surface area contributed by atoms with E-state index in [0.717, 1.165) is 0 Å². The molecule has 0 saturated heterocycles. The van der Waals surface area contributed by atoms with E-state index in [-0.39, 0.29) is 17.1 Å². The molecule has 0 fully saturated rings. The Balaban J connectivity index is 0.000000216. The van der Waals surface area contributed by atoms with E-state index in [1.54, 1.807) is 0 Å². The third kappa shape index (κ3) is 8.36. The van der Waals surface area contributed by atoms with Gasteiger partial charge in [-0.2, -0.15) is 0 Å². The Morgan fingerprint density at radius 1 is 0.286 bits per heavy atom. The van der Waals surface area contributed by atoms with Crippen molar-refractivity contribution < 1.29 is 17.1 Å². The molecule has 0 heterocycles. The molecule has 0 nitrogen and oxygen atoms in total. The summed E-state index contributed by atoms with van der Waals surface area (Å²) in [4.78, 5) is 0. The molecule has 0 saturated carbocycles. The minimum absolute atomic E-state index is 0. The molecule has 0 amide bonds. The van der Waals surface area contributed by atoms with Crippen LogP contribution in [0.4, 0.5) is 0 Å². The largest absolute Gasteiger partial charge is 2.00 e. The van der Waals surface area contributed by atoms with Gasteiger partial charge in [-0.3, -0.25) is 0 Å².